The molecule has 1 aromatic carbocycles. The van der Waals surface area contributed by atoms with Crippen molar-refractivity contribution < 1.29 is 13.6 Å². The molecule has 0 atom stereocenters. The first-order valence-corrected chi connectivity index (χ1v) is 6.93. The minimum atomic E-state index is -0.574. The van der Waals surface area contributed by atoms with Gasteiger partial charge < -0.3 is 10.6 Å². The number of nitrogens with zero attached hydrogens (tertiary/aromatic N) is 1. The number of piperidine rings is 1. The fourth-order valence-corrected chi connectivity index (χ4v) is 2.44. The van der Waals surface area contributed by atoms with Gasteiger partial charge in [-0.05, 0) is 40.9 Å². The molecule has 1 aromatic rings. The molecule has 7 heteroatoms. The van der Waals surface area contributed by atoms with Gasteiger partial charge in [0, 0.05) is 24.7 Å². The third-order valence-electron chi connectivity index (χ3n) is 3.32. The number of halogens is 4. The van der Waals surface area contributed by atoms with Crippen molar-refractivity contribution in [2.45, 2.75) is 25.3 Å². The van der Waals surface area contributed by atoms with Crippen molar-refractivity contribution in [3.8, 4) is 0 Å². The van der Waals surface area contributed by atoms with Crippen LogP contribution in [0.2, 0.25) is 0 Å². The second-order valence-electron chi connectivity index (χ2n) is 4.75. The van der Waals surface area contributed by atoms with Crippen LogP contribution in [-0.2, 0) is 11.2 Å². The van der Waals surface area contributed by atoms with Gasteiger partial charge in [0.25, 0.3) is 0 Å². The summed E-state index contributed by atoms with van der Waals surface area (Å²) in [5.74, 6) is -1.33. The number of amides is 1. The Labute approximate surface area is 131 Å². The third-order valence-corrected chi connectivity index (χ3v) is 3.93. The molecule has 0 aromatic heterocycles. The van der Waals surface area contributed by atoms with Gasteiger partial charge in [-0.1, -0.05) is 0 Å². The highest BCUT2D eigenvalue weighted by atomic mass is 79.9. The maximum atomic E-state index is 13.6. The van der Waals surface area contributed by atoms with Crippen LogP contribution in [-0.4, -0.2) is 29.9 Å². The lowest BCUT2D eigenvalue weighted by molar-refractivity contribution is -0.131. The molecule has 2 rings (SSSR count). The largest absolute Gasteiger partial charge is 0.342 e. The molecule has 0 radical (unpaired) electrons. The van der Waals surface area contributed by atoms with E-state index in [1.54, 1.807) is 4.90 Å². The van der Waals surface area contributed by atoms with Crippen molar-refractivity contribution in [1.82, 2.24) is 4.90 Å². The molecule has 2 N–H and O–H groups in total. The Balaban J connectivity index is 0.00000200. The summed E-state index contributed by atoms with van der Waals surface area (Å²) in [7, 11) is 0. The van der Waals surface area contributed by atoms with E-state index in [-0.39, 0.29) is 40.8 Å². The average molecular weight is 370 g/mol. The fraction of sp³-hybridized carbons (Fsp3) is 0.462. The number of benzene rings is 1. The maximum absolute atomic E-state index is 13.6. The molecule has 1 amide bonds. The first kappa shape index (κ1) is 17.3. The third kappa shape index (κ3) is 4.14. The van der Waals surface area contributed by atoms with E-state index in [0.717, 1.165) is 25.0 Å². The molecule has 1 aliphatic rings. The standard InChI is InChI=1S/C13H15BrF2N2O.ClH/c14-10-7-11(15)8(5-12(10)16)6-13(19)18-3-1-9(17)2-4-18;/h5,7,9H,1-4,6,17H2;1H. The van der Waals surface area contributed by atoms with E-state index < -0.39 is 11.6 Å². The Bertz CT molecular complexity index is 494. The smallest absolute Gasteiger partial charge is 0.227 e. The van der Waals surface area contributed by atoms with Crippen LogP contribution in [0.1, 0.15) is 18.4 Å². The maximum Gasteiger partial charge on any atom is 0.227 e. The van der Waals surface area contributed by atoms with E-state index in [2.05, 4.69) is 15.9 Å². The fourth-order valence-electron chi connectivity index (χ4n) is 2.12. The lowest BCUT2D eigenvalue weighted by Crippen LogP contribution is -2.43. The average Bonchev–Trinajstić information content (AvgIpc) is 2.36. The lowest BCUT2D eigenvalue weighted by Gasteiger charge is -2.30. The van der Waals surface area contributed by atoms with Crippen LogP contribution in [0.5, 0.6) is 0 Å². The molecule has 1 fully saturated rings. The normalized spacial score (nSPS) is 15.9. The Morgan fingerprint density at radius 3 is 2.50 bits per heavy atom. The van der Waals surface area contributed by atoms with Crippen LogP contribution < -0.4 is 5.73 Å². The summed E-state index contributed by atoms with van der Waals surface area (Å²) in [6, 6.07) is 2.24. The zero-order valence-electron chi connectivity index (χ0n) is 10.7. The molecule has 3 nitrogen and oxygen atoms in total. The number of carbonyl (C=O) groups is 1. The quantitative estimate of drug-likeness (QED) is 0.815. The molecule has 1 saturated heterocycles. The number of nitrogens with two attached hydrogens (primary N) is 1. The molecule has 0 unspecified atom stereocenters. The van der Waals surface area contributed by atoms with E-state index in [9.17, 15) is 13.6 Å². The first-order chi connectivity index (χ1) is 8.97. The van der Waals surface area contributed by atoms with Crippen molar-refractivity contribution in [3.63, 3.8) is 0 Å². The van der Waals surface area contributed by atoms with Crippen molar-refractivity contribution in [1.29, 1.82) is 0 Å². The predicted octanol–water partition coefficient (Wildman–Crippen LogP) is 2.64. The molecule has 0 spiro atoms. The van der Waals surface area contributed by atoms with Gasteiger partial charge in [-0.2, -0.15) is 0 Å². The van der Waals surface area contributed by atoms with Crippen LogP contribution in [0.15, 0.2) is 16.6 Å². The summed E-state index contributed by atoms with van der Waals surface area (Å²) in [5, 5.41) is 0. The first-order valence-electron chi connectivity index (χ1n) is 6.14. The van der Waals surface area contributed by atoms with Gasteiger partial charge in [0.05, 0.1) is 10.9 Å². The number of hydrogen-bond donors (Lipinski definition) is 1. The molecule has 1 aliphatic heterocycles. The molecule has 0 bridgehead atoms. The van der Waals surface area contributed by atoms with Crippen LogP contribution in [0.25, 0.3) is 0 Å². The topological polar surface area (TPSA) is 46.3 Å². The highest BCUT2D eigenvalue weighted by molar-refractivity contribution is 9.10. The van der Waals surface area contributed by atoms with Gasteiger partial charge in [0.15, 0.2) is 0 Å². The number of carbonyl (C=O) groups excluding carboxylic acids is 1. The zero-order chi connectivity index (χ0) is 14.0. The Hall–Kier alpha value is -0.720. The second-order valence-corrected chi connectivity index (χ2v) is 5.61. The molecule has 20 heavy (non-hydrogen) atoms. The minimum absolute atomic E-state index is 0. The highest BCUT2D eigenvalue weighted by Crippen LogP contribution is 2.21. The molecule has 1 heterocycles. The molecule has 0 saturated carbocycles. The lowest BCUT2D eigenvalue weighted by atomic mass is 10.0. The molecule has 112 valence electrons. The Kier molecular flexibility index (Phi) is 6.36. The predicted molar refractivity (Wildman–Crippen MR) is 78.8 cm³/mol. The van der Waals surface area contributed by atoms with Gasteiger partial charge in [-0.3, -0.25) is 4.79 Å². The van der Waals surface area contributed by atoms with Gasteiger partial charge in [0.1, 0.15) is 11.6 Å². The van der Waals surface area contributed by atoms with E-state index in [0.29, 0.717) is 13.1 Å². The molecular formula is C13H16BrClF2N2O. The summed E-state index contributed by atoms with van der Waals surface area (Å²) >= 11 is 2.91. The number of likely N-dealkylation sites (tertiary alicyclic amines) is 1. The van der Waals surface area contributed by atoms with E-state index in [1.165, 1.54) is 0 Å². The highest BCUT2D eigenvalue weighted by Gasteiger charge is 2.22. The van der Waals surface area contributed by atoms with Crippen LogP contribution in [0.3, 0.4) is 0 Å². The zero-order valence-corrected chi connectivity index (χ0v) is 13.1. The van der Waals surface area contributed by atoms with Crippen LogP contribution in [0.4, 0.5) is 8.78 Å². The van der Waals surface area contributed by atoms with Crippen LogP contribution >= 0.6 is 28.3 Å². The Morgan fingerprint density at radius 2 is 1.90 bits per heavy atom. The molecular weight excluding hydrogens is 354 g/mol. The minimum Gasteiger partial charge on any atom is -0.342 e. The van der Waals surface area contributed by atoms with Gasteiger partial charge >= 0.3 is 0 Å². The van der Waals surface area contributed by atoms with E-state index in [4.69, 9.17) is 5.73 Å². The summed E-state index contributed by atoms with van der Waals surface area (Å²) in [6.07, 6.45) is 1.39. The van der Waals surface area contributed by atoms with Gasteiger partial charge in [-0.15, -0.1) is 12.4 Å². The Morgan fingerprint density at radius 1 is 1.30 bits per heavy atom. The number of rotatable bonds is 2. The van der Waals surface area contributed by atoms with E-state index in [1.807, 2.05) is 0 Å². The summed E-state index contributed by atoms with van der Waals surface area (Å²) < 4.78 is 27.0. The van der Waals surface area contributed by atoms with Gasteiger partial charge in [0.2, 0.25) is 5.91 Å². The SMILES string of the molecule is Cl.NC1CCN(C(=O)Cc2cc(F)c(Br)cc2F)CC1. The number of hydrogen-bond acceptors (Lipinski definition) is 2. The summed E-state index contributed by atoms with van der Waals surface area (Å²) in [5.41, 5.74) is 5.84. The van der Waals surface area contributed by atoms with Crippen molar-refractivity contribution in [2.75, 3.05) is 13.1 Å². The van der Waals surface area contributed by atoms with Crippen molar-refractivity contribution in [3.05, 3.63) is 33.8 Å². The van der Waals surface area contributed by atoms with Crippen molar-refractivity contribution >= 4 is 34.2 Å². The second kappa shape index (κ2) is 7.33. The summed E-state index contributed by atoms with van der Waals surface area (Å²) in [4.78, 5) is 13.7. The van der Waals surface area contributed by atoms with Crippen LogP contribution in [0, 0.1) is 11.6 Å². The van der Waals surface area contributed by atoms with E-state index >= 15 is 0 Å². The monoisotopic (exact) mass is 368 g/mol. The van der Waals surface area contributed by atoms with Gasteiger partial charge in [-0.25, -0.2) is 8.78 Å². The molecule has 0 aliphatic carbocycles. The van der Waals surface area contributed by atoms with Crippen molar-refractivity contribution in [2.24, 2.45) is 5.73 Å². The summed E-state index contributed by atoms with van der Waals surface area (Å²) in [6.45, 7) is 1.17.